The van der Waals surface area contributed by atoms with Crippen LogP contribution in [0.15, 0.2) is 66.7 Å². The first kappa shape index (κ1) is 23.7. The van der Waals surface area contributed by atoms with Gasteiger partial charge in [-0.05, 0) is 84.8 Å². The van der Waals surface area contributed by atoms with Crippen LogP contribution in [0, 0.1) is 11.3 Å². The van der Waals surface area contributed by atoms with Gasteiger partial charge in [-0.1, -0.05) is 17.7 Å². The van der Waals surface area contributed by atoms with E-state index in [1.54, 1.807) is 67.8 Å². The second-order valence-electron chi connectivity index (χ2n) is 6.88. The lowest BCUT2D eigenvalue weighted by molar-refractivity contribution is -0.118. The number of carbonyl (C=O) groups is 1. The molecule has 3 aromatic rings. The van der Waals surface area contributed by atoms with E-state index in [-0.39, 0.29) is 12.5 Å². The van der Waals surface area contributed by atoms with Crippen molar-refractivity contribution in [2.24, 2.45) is 0 Å². The molecular weight excluding hydrogens is 440 g/mol. The van der Waals surface area contributed by atoms with Crippen LogP contribution in [0.2, 0.25) is 5.02 Å². The number of hydrogen-bond acceptors (Lipinski definition) is 5. The van der Waals surface area contributed by atoms with Crippen molar-refractivity contribution >= 4 is 34.8 Å². The van der Waals surface area contributed by atoms with Crippen LogP contribution in [0.5, 0.6) is 17.2 Å². The molecule has 0 spiro atoms. The van der Waals surface area contributed by atoms with Gasteiger partial charge in [0.15, 0.2) is 18.1 Å². The number of carbonyl (C=O) groups excluding carboxylic acids is 1. The van der Waals surface area contributed by atoms with Gasteiger partial charge < -0.3 is 19.5 Å². The lowest BCUT2D eigenvalue weighted by Crippen LogP contribution is -2.20. The van der Waals surface area contributed by atoms with Crippen molar-refractivity contribution in [1.29, 1.82) is 5.26 Å². The molecule has 0 saturated carbocycles. The van der Waals surface area contributed by atoms with Gasteiger partial charge in [0.2, 0.25) is 0 Å². The molecule has 0 fully saturated rings. The Morgan fingerprint density at radius 1 is 1.03 bits per heavy atom. The van der Waals surface area contributed by atoms with Crippen LogP contribution < -0.4 is 19.5 Å². The number of allylic oxidation sites excluding steroid dienone is 1. The summed E-state index contributed by atoms with van der Waals surface area (Å²) in [7, 11) is 1.59. The number of methoxy groups -OCH3 is 1. The van der Waals surface area contributed by atoms with E-state index in [0.717, 1.165) is 16.9 Å². The fourth-order valence-electron chi connectivity index (χ4n) is 2.99. The van der Waals surface area contributed by atoms with Gasteiger partial charge in [-0.2, -0.15) is 5.26 Å². The molecule has 0 radical (unpaired) electrons. The number of nitriles is 1. The average Bonchev–Trinajstić information content (AvgIpc) is 2.84. The third-order valence-corrected chi connectivity index (χ3v) is 4.84. The second-order valence-corrected chi connectivity index (χ2v) is 7.32. The lowest BCUT2D eigenvalue weighted by atomic mass is 10.0. The zero-order valence-corrected chi connectivity index (χ0v) is 19.1. The predicted octanol–water partition coefficient (Wildman–Crippen LogP) is 5.83. The molecular formula is C26H23ClN2O4. The molecule has 0 aliphatic heterocycles. The molecule has 0 aromatic heterocycles. The molecule has 6 nitrogen and oxygen atoms in total. The number of anilines is 1. The van der Waals surface area contributed by atoms with Crippen LogP contribution in [0.3, 0.4) is 0 Å². The van der Waals surface area contributed by atoms with E-state index in [1.807, 2.05) is 19.1 Å². The van der Waals surface area contributed by atoms with E-state index >= 15 is 0 Å². The number of amides is 1. The third kappa shape index (κ3) is 6.76. The Hall–Kier alpha value is -3.95. The summed E-state index contributed by atoms with van der Waals surface area (Å²) in [6, 6.07) is 21.6. The number of ether oxygens (including phenoxy) is 3. The van der Waals surface area contributed by atoms with Gasteiger partial charge in [-0.15, -0.1) is 0 Å². The summed E-state index contributed by atoms with van der Waals surface area (Å²) in [5.41, 5.74) is 2.66. The van der Waals surface area contributed by atoms with Gasteiger partial charge in [0.25, 0.3) is 5.91 Å². The molecule has 0 aliphatic rings. The van der Waals surface area contributed by atoms with Gasteiger partial charge in [0.1, 0.15) is 5.75 Å². The minimum atomic E-state index is -0.310. The lowest BCUT2D eigenvalue weighted by Gasteiger charge is -2.13. The van der Waals surface area contributed by atoms with E-state index < -0.39 is 0 Å². The van der Waals surface area contributed by atoms with E-state index in [2.05, 4.69) is 11.4 Å². The smallest absolute Gasteiger partial charge is 0.262 e. The minimum absolute atomic E-state index is 0.187. The second kappa shape index (κ2) is 11.6. The van der Waals surface area contributed by atoms with Crippen LogP contribution in [-0.2, 0) is 4.79 Å². The monoisotopic (exact) mass is 462 g/mol. The van der Waals surface area contributed by atoms with Crippen LogP contribution in [0.1, 0.15) is 18.1 Å². The highest BCUT2D eigenvalue weighted by Crippen LogP contribution is 2.30. The maximum atomic E-state index is 12.2. The van der Waals surface area contributed by atoms with Crippen LogP contribution in [0.4, 0.5) is 5.69 Å². The summed E-state index contributed by atoms with van der Waals surface area (Å²) in [4.78, 5) is 12.2. The normalized spacial score (nSPS) is 10.8. The Morgan fingerprint density at radius 2 is 1.76 bits per heavy atom. The number of halogens is 1. The standard InChI is InChI=1S/C26H23ClN2O4/c1-3-32-25-15-18(14-20(16-28)19-5-11-23(31-2)12-6-19)4-13-24(25)33-17-26(30)29-22-9-7-21(27)8-10-22/h4-15H,3,17H2,1-2H3,(H,29,30)/b20-14+. The molecule has 0 unspecified atom stereocenters. The Morgan fingerprint density at radius 3 is 2.39 bits per heavy atom. The molecule has 3 aromatic carbocycles. The Bertz CT molecular complexity index is 1170. The summed E-state index contributed by atoms with van der Waals surface area (Å²) in [6.07, 6.45) is 1.77. The third-order valence-electron chi connectivity index (χ3n) is 4.59. The maximum absolute atomic E-state index is 12.2. The van der Waals surface area contributed by atoms with E-state index in [9.17, 15) is 10.1 Å². The number of nitrogens with one attached hydrogen (secondary N) is 1. The highest BCUT2D eigenvalue weighted by molar-refractivity contribution is 6.30. The minimum Gasteiger partial charge on any atom is -0.497 e. The summed E-state index contributed by atoms with van der Waals surface area (Å²) < 4.78 is 16.5. The van der Waals surface area contributed by atoms with E-state index in [0.29, 0.717) is 34.4 Å². The number of nitrogens with zero attached hydrogens (tertiary/aromatic N) is 1. The van der Waals surface area contributed by atoms with E-state index in [4.69, 9.17) is 25.8 Å². The van der Waals surface area contributed by atoms with Gasteiger partial charge in [0.05, 0.1) is 25.4 Å². The van der Waals surface area contributed by atoms with Gasteiger partial charge >= 0.3 is 0 Å². The molecule has 168 valence electrons. The maximum Gasteiger partial charge on any atom is 0.262 e. The van der Waals surface area contributed by atoms with Crippen LogP contribution in [-0.4, -0.2) is 26.2 Å². The molecule has 1 amide bonds. The summed E-state index contributed by atoms with van der Waals surface area (Å²) in [6.45, 7) is 2.09. The van der Waals surface area contributed by atoms with E-state index in [1.165, 1.54) is 0 Å². The molecule has 7 heteroatoms. The van der Waals surface area contributed by atoms with Crippen molar-refractivity contribution < 1.29 is 19.0 Å². The van der Waals surface area contributed by atoms with Gasteiger partial charge in [0, 0.05) is 10.7 Å². The first-order valence-electron chi connectivity index (χ1n) is 10.2. The zero-order chi connectivity index (χ0) is 23.6. The fraction of sp³-hybridized carbons (Fsp3) is 0.154. The van der Waals surface area contributed by atoms with Crippen molar-refractivity contribution in [3.8, 4) is 23.3 Å². The number of hydrogen-bond donors (Lipinski definition) is 1. The Balaban J connectivity index is 1.73. The average molecular weight is 463 g/mol. The Kier molecular flexibility index (Phi) is 8.34. The quantitative estimate of drug-likeness (QED) is 0.319. The predicted molar refractivity (Wildman–Crippen MR) is 130 cm³/mol. The summed E-state index contributed by atoms with van der Waals surface area (Å²) >= 11 is 5.86. The van der Waals surface area contributed by atoms with Crippen molar-refractivity contribution in [1.82, 2.24) is 0 Å². The van der Waals surface area contributed by atoms with Crippen LogP contribution >= 0.6 is 11.6 Å². The van der Waals surface area contributed by atoms with Crippen LogP contribution in [0.25, 0.3) is 11.6 Å². The van der Waals surface area contributed by atoms with Crippen molar-refractivity contribution in [2.75, 3.05) is 25.6 Å². The first-order chi connectivity index (χ1) is 16.0. The van der Waals surface area contributed by atoms with Gasteiger partial charge in [-0.25, -0.2) is 0 Å². The first-order valence-corrected chi connectivity index (χ1v) is 10.6. The molecule has 0 aliphatic carbocycles. The number of rotatable bonds is 9. The van der Waals surface area contributed by atoms with Crippen molar-refractivity contribution in [2.45, 2.75) is 6.92 Å². The molecule has 1 N–H and O–H groups in total. The summed E-state index contributed by atoms with van der Waals surface area (Å²) in [5, 5.41) is 13.0. The van der Waals surface area contributed by atoms with Crippen molar-refractivity contribution in [3.05, 3.63) is 82.9 Å². The largest absolute Gasteiger partial charge is 0.497 e. The number of benzene rings is 3. The highest BCUT2D eigenvalue weighted by atomic mass is 35.5. The van der Waals surface area contributed by atoms with Gasteiger partial charge in [-0.3, -0.25) is 4.79 Å². The molecule has 0 atom stereocenters. The highest BCUT2D eigenvalue weighted by Gasteiger charge is 2.10. The fourth-order valence-corrected chi connectivity index (χ4v) is 3.12. The topological polar surface area (TPSA) is 80.6 Å². The molecule has 3 rings (SSSR count). The molecule has 0 heterocycles. The summed E-state index contributed by atoms with van der Waals surface area (Å²) in [5.74, 6) is 1.33. The SMILES string of the molecule is CCOc1cc(/C=C(\C#N)c2ccc(OC)cc2)ccc1OCC(=O)Nc1ccc(Cl)cc1. The van der Waals surface area contributed by atoms with Crippen molar-refractivity contribution in [3.63, 3.8) is 0 Å². The Labute approximate surface area is 198 Å². The molecule has 33 heavy (non-hydrogen) atoms. The zero-order valence-electron chi connectivity index (χ0n) is 18.3. The molecule has 0 saturated heterocycles. The molecule has 0 bridgehead atoms.